The van der Waals surface area contributed by atoms with Crippen molar-refractivity contribution in [2.24, 2.45) is 7.05 Å². The molecule has 3 aromatic rings. The van der Waals surface area contributed by atoms with E-state index in [1.54, 1.807) is 23.9 Å². The summed E-state index contributed by atoms with van der Waals surface area (Å²) in [7, 11) is 1.76. The number of rotatable bonds is 6. The number of hydrogen-bond acceptors (Lipinski definition) is 5. The third kappa shape index (κ3) is 4.99. The first-order valence-corrected chi connectivity index (χ1v) is 11.3. The molecule has 1 aliphatic rings. The first kappa shape index (κ1) is 26.5. The molecule has 2 amide bonds. The molecular formula is C25H23F3N4O6. The summed E-state index contributed by atoms with van der Waals surface area (Å²) < 4.78 is 41.8. The highest BCUT2D eigenvalue weighted by molar-refractivity contribution is 5.99. The molecule has 0 fully saturated rings. The van der Waals surface area contributed by atoms with Gasteiger partial charge in [0.25, 0.3) is 17.4 Å². The van der Waals surface area contributed by atoms with Crippen LogP contribution in [0.25, 0.3) is 0 Å². The Labute approximate surface area is 213 Å². The lowest BCUT2D eigenvalue weighted by molar-refractivity contribution is -0.138. The highest BCUT2D eigenvalue weighted by Gasteiger charge is 2.34. The number of aromatic hydroxyl groups is 1. The molecule has 0 radical (unpaired) electrons. The number of aliphatic carboxylic acids is 1. The van der Waals surface area contributed by atoms with Crippen LogP contribution in [0.5, 0.6) is 5.75 Å². The fourth-order valence-corrected chi connectivity index (χ4v) is 4.30. The minimum Gasteiger partial charge on any atom is -0.506 e. The van der Waals surface area contributed by atoms with Gasteiger partial charge in [0.15, 0.2) is 0 Å². The molecule has 2 aromatic heterocycles. The Kier molecular flexibility index (Phi) is 6.78. The summed E-state index contributed by atoms with van der Waals surface area (Å²) in [5.41, 5.74) is -0.767. The summed E-state index contributed by atoms with van der Waals surface area (Å²) in [5, 5.41) is 21.8. The minimum absolute atomic E-state index is 0.109. The average Bonchev–Trinajstić information content (AvgIpc) is 3.43. The molecule has 10 nitrogen and oxygen atoms in total. The van der Waals surface area contributed by atoms with Crippen molar-refractivity contribution in [1.29, 1.82) is 0 Å². The number of pyridine rings is 1. The number of aryl methyl sites for hydroxylation is 2. The molecule has 1 aromatic carbocycles. The Hall–Kier alpha value is -4.55. The number of hydrogen-bond donors (Lipinski definition) is 3. The van der Waals surface area contributed by atoms with Crippen molar-refractivity contribution in [1.82, 2.24) is 19.4 Å². The molecule has 0 unspecified atom stereocenters. The highest BCUT2D eigenvalue weighted by Crippen LogP contribution is 2.33. The van der Waals surface area contributed by atoms with Crippen LogP contribution in [0.2, 0.25) is 0 Å². The van der Waals surface area contributed by atoms with Gasteiger partial charge in [0, 0.05) is 30.2 Å². The van der Waals surface area contributed by atoms with Crippen LogP contribution in [0.4, 0.5) is 13.2 Å². The fourth-order valence-electron chi connectivity index (χ4n) is 4.30. The Morgan fingerprint density at radius 1 is 1.11 bits per heavy atom. The molecular weight excluding hydrogens is 509 g/mol. The van der Waals surface area contributed by atoms with Gasteiger partial charge < -0.3 is 29.6 Å². The van der Waals surface area contributed by atoms with Crippen LogP contribution < -0.4 is 10.9 Å². The van der Waals surface area contributed by atoms with E-state index in [2.05, 4.69) is 0 Å². The summed E-state index contributed by atoms with van der Waals surface area (Å²) in [6, 6.07) is 5.75. The molecule has 0 bridgehead atoms. The second-order valence-electron chi connectivity index (χ2n) is 8.95. The summed E-state index contributed by atoms with van der Waals surface area (Å²) >= 11 is 0. The number of carbonyl (C=O) groups is 3. The number of carbonyl (C=O) groups excluding carboxylic acids is 2. The van der Waals surface area contributed by atoms with E-state index in [0.717, 1.165) is 22.4 Å². The van der Waals surface area contributed by atoms with Crippen LogP contribution in [0, 0.1) is 6.92 Å². The third-order valence-corrected chi connectivity index (χ3v) is 6.38. The predicted molar refractivity (Wildman–Crippen MR) is 127 cm³/mol. The highest BCUT2D eigenvalue weighted by atomic mass is 19.4. The first-order valence-electron chi connectivity index (χ1n) is 11.3. The van der Waals surface area contributed by atoms with E-state index in [0.29, 0.717) is 11.1 Å². The maximum absolute atomic E-state index is 13.4. The molecule has 13 heteroatoms. The first-order chi connectivity index (χ1) is 17.8. The number of benzene rings is 1. The van der Waals surface area contributed by atoms with Crippen molar-refractivity contribution in [3.8, 4) is 5.75 Å². The van der Waals surface area contributed by atoms with Crippen molar-refractivity contribution in [3.05, 3.63) is 86.1 Å². The maximum atomic E-state index is 13.4. The third-order valence-electron chi connectivity index (χ3n) is 6.38. The van der Waals surface area contributed by atoms with E-state index in [4.69, 9.17) is 5.11 Å². The van der Waals surface area contributed by atoms with Gasteiger partial charge >= 0.3 is 12.1 Å². The van der Waals surface area contributed by atoms with Crippen LogP contribution in [0.15, 0.2) is 41.3 Å². The van der Waals surface area contributed by atoms with Crippen molar-refractivity contribution < 1.29 is 37.8 Å². The number of fused-ring (bicyclic) bond motifs is 1. The molecule has 3 heterocycles. The molecule has 4 rings (SSSR count). The van der Waals surface area contributed by atoms with Crippen molar-refractivity contribution >= 4 is 17.8 Å². The number of carboxylic acid groups (broad SMARTS) is 1. The zero-order chi connectivity index (χ0) is 27.9. The van der Waals surface area contributed by atoms with Gasteiger partial charge in [-0.1, -0.05) is 12.1 Å². The quantitative estimate of drug-likeness (QED) is 0.446. The van der Waals surface area contributed by atoms with E-state index in [9.17, 15) is 37.5 Å². The normalized spacial score (nSPS) is 12.9. The topological polar surface area (TPSA) is 134 Å². The predicted octanol–water partition coefficient (Wildman–Crippen LogP) is 2.24. The number of nitrogens with zero attached hydrogens (tertiary/aromatic N) is 3. The molecule has 0 atom stereocenters. The molecule has 0 saturated heterocycles. The molecule has 38 heavy (non-hydrogen) atoms. The van der Waals surface area contributed by atoms with Crippen LogP contribution in [0.1, 0.15) is 48.8 Å². The van der Waals surface area contributed by atoms with Gasteiger partial charge in [0.1, 0.15) is 17.9 Å². The van der Waals surface area contributed by atoms with Crippen molar-refractivity contribution in [2.75, 3.05) is 6.54 Å². The lowest BCUT2D eigenvalue weighted by Crippen LogP contribution is -2.37. The van der Waals surface area contributed by atoms with Gasteiger partial charge in [0.05, 0.1) is 30.8 Å². The summed E-state index contributed by atoms with van der Waals surface area (Å²) in [6.45, 7) is 0.477. The van der Waals surface area contributed by atoms with Gasteiger partial charge in [-0.25, -0.2) is 0 Å². The van der Waals surface area contributed by atoms with Crippen molar-refractivity contribution in [2.45, 2.75) is 32.7 Å². The van der Waals surface area contributed by atoms with Gasteiger partial charge in [-0.3, -0.25) is 19.2 Å². The second-order valence-corrected chi connectivity index (χ2v) is 8.95. The van der Waals surface area contributed by atoms with Gasteiger partial charge in [-0.15, -0.1) is 0 Å². The number of alkyl halides is 3. The fraction of sp³-hybridized carbons (Fsp3) is 0.280. The Morgan fingerprint density at radius 3 is 2.32 bits per heavy atom. The zero-order valence-corrected chi connectivity index (χ0v) is 20.3. The standard InChI is InChI=1S/C25H23F3N4O6/c1-13-7-15(10-30(13)2)23(37)31-11-17-18(12-31)32(9-14-3-5-16(6-4-14)25(26,27)28)24(38)20(21(17)35)22(36)29-8-19(33)34/h3-7,10,35H,8-9,11-12H2,1-2H3,(H,29,36)(H,33,34). The lowest BCUT2D eigenvalue weighted by Gasteiger charge is -2.16. The van der Waals surface area contributed by atoms with Crippen molar-refractivity contribution in [3.63, 3.8) is 0 Å². The van der Waals surface area contributed by atoms with E-state index in [-0.39, 0.29) is 30.9 Å². The van der Waals surface area contributed by atoms with Gasteiger partial charge in [0.2, 0.25) is 0 Å². The lowest BCUT2D eigenvalue weighted by atomic mass is 10.1. The molecule has 0 aliphatic carbocycles. The number of amides is 2. The van der Waals surface area contributed by atoms with Crippen LogP contribution in [-0.2, 0) is 37.7 Å². The number of halogens is 3. The smallest absolute Gasteiger partial charge is 0.416 e. The summed E-state index contributed by atoms with van der Waals surface area (Å²) in [4.78, 5) is 51.5. The number of nitrogens with one attached hydrogen (secondary N) is 1. The second kappa shape index (κ2) is 9.72. The Bertz CT molecular complexity index is 1490. The largest absolute Gasteiger partial charge is 0.506 e. The molecule has 0 spiro atoms. The monoisotopic (exact) mass is 532 g/mol. The van der Waals surface area contributed by atoms with Gasteiger partial charge in [-0.2, -0.15) is 13.2 Å². The molecule has 0 saturated carbocycles. The zero-order valence-electron chi connectivity index (χ0n) is 20.3. The summed E-state index contributed by atoms with van der Waals surface area (Å²) in [5.74, 6) is -3.59. The average molecular weight is 532 g/mol. The van der Waals surface area contributed by atoms with Gasteiger partial charge in [-0.05, 0) is 30.7 Å². The Balaban J connectivity index is 1.77. The number of aromatic nitrogens is 2. The number of carboxylic acids is 1. The van der Waals surface area contributed by atoms with E-state index >= 15 is 0 Å². The van der Waals surface area contributed by atoms with E-state index in [1.165, 1.54) is 17.0 Å². The Morgan fingerprint density at radius 2 is 1.76 bits per heavy atom. The van der Waals surface area contributed by atoms with E-state index in [1.807, 2.05) is 12.2 Å². The summed E-state index contributed by atoms with van der Waals surface area (Å²) in [6.07, 6.45) is -2.93. The van der Waals surface area contributed by atoms with E-state index < -0.39 is 52.9 Å². The van der Waals surface area contributed by atoms with Crippen LogP contribution >= 0.6 is 0 Å². The maximum Gasteiger partial charge on any atom is 0.416 e. The SMILES string of the molecule is Cc1cc(C(=O)N2Cc3c(O)c(C(=O)NCC(=O)O)c(=O)n(Cc4ccc(C(F)(F)F)cc4)c3C2)cn1C. The van der Waals surface area contributed by atoms with Crippen LogP contribution in [0.3, 0.4) is 0 Å². The van der Waals surface area contributed by atoms with Crippen LogP contribution in [-0.4, -0.2) is 48.6 Å². The molecule has 1 aliphatic heterocycles. The molecule has 200 valence electrons. The minimum atomic E-state index is -4.55. The molecule has 3 N–H and O–H groups in total.